The van der Waals surface area contributed by atoms with Crippen LogP contribution in [-0.4, -0.2) is 34.1 Å². The van der Waals surface area contributed by atoms with Crippen LogP contribution in [0.25, 0.3) is 0 Å². The van der Waals surface area contributed by atoms with E-state index in [4.69, 9.17) is 5.14 Å². The standard InChI is InChI=1S/C11H17N3O2S/c1-9-8-14(7-6-13-9)10-4-2-3-5-11(10)17(12,15)16/h2-5,9,13H,6-8H2,1H3,(H2,12,15,16). The van der Waals surface area contributed by atoms with Gasteiger partial charge in [0.1, 0.15) is 4.90 Å². The number of para-hydroxylation sites is 1. The molecule has 5 nitrogen and oxygen atoms in total. The van der Waals surface area contributed by atoms with Gasteiger partial charge in [0.25, 0.3) is 0 Å². The van der Waals surface area contributed by atoms with Crippen molar-refractivity contribution in [2.45, 2.75) is 17.9 Å². The topological polar surface area (TPSA) is 75.4 Å². The molecule has 1 fully saturated rings. The van der Waals surface area contributed by atoms with E-state index in [-0.39, 0.29) is 4.90 Å². The zero-order valence-electron chi connectivity index (χ0n) is 9.76. The summed E-state index contributed by atoms with van der Waals surface area (Å²) in [6.45, 7) is 4.50. The van der Waals surface area contributed by atoms with E-state index < -0.39 is 10.0 Å². The molecule has 0 aromatic heterocycles. The Labute approximate surface area is 102 Å². The number of nitrogens with zero attached hydrogens (tertiary/aromatic N) is 1. The minimum absolute atomic E-state index is 0.203. The van der Waals surface area contributed by atoms with Gasteiger partial charge in [-0.15, -0.1) is 0 Å². The molecule has 0 bridgehead atoms. The number of anilines is 1. The summed E-state index contributed by atoms with van der Waals surface area (Å²) >= 11 is 0. The molecular formula is C11H17N3O2S. The summed E-state index contributed by atoms with van der Waals surface area (Å²) in [4.78, 5) is 2.26. The van der Waals surface area contributed by atoms with Crippen molar-refractivity contribution in [3.05, 3.63) is 24.3 Å². The quantitative estimate of drug-likeness (QED) is 0.788. The second kappa shape index (κ2) is 4.64. The number of hydrogen-bond donors (Lipinski definition) is 2. The van der Waals surface area contributed by atoms with E-state index in [2.05, 4.69) is 17.1 Å². The number of primary sulfonamides is 1. The van der Waals surface area contributed by atoms with Gasteiger partial charge < -0.3 is 10.2 Å². The van der Waals surface area contributed by atoms with Crippen LogP contribution in [0, 0.1) is 0 Å². The van der Waals surface area contributed by atoms with E-state index in [1.807, 2.05) is 6.07 Å². The zero-order valence-corrected chi connectivity index (χ0v) is 10.6. The van der Waals surface area contributed by atoms with Crippen LogP contribution in [0.5, 0.6) is 0 Å². The third kappa shape index (κ3) is 2.77. The predicted octanol–water partition coefficient (Wildman–Crippen LogP) is 0.132. The summed E-state index contributed by atoms with van der Waals surface area (Å²) in [6, 6.07) is 7.22. The Bertz CT molecular complexity index is 501. The van der Waals surface area contributed by atoms with Gasteiger partial charge in [-0.05, 0) is 19.1 Å². The molecule has 1 aliphatic rings. The summed E-state index contributed by atoms with van der Waals surface area (Å²) in [7, 11) is -3.66. The number of piperazine rings is 1. The Morgan fingerprint density at radius 3 is 2.76 bits per heavy atom. The number of benzene rings is 1. The summed E-state index contributed by atoms with van der Waals surface area (Å²) in [5.74, 6) is 0. The van der Waals surface area contributed by atoms with Crippen LogP contribution < -0.4 is 15.4 Å². The molecule has 0 saturated carbocycles. The molecule has 1 aromatic rings. The number of sulfonamides is 1. The Morgan fingerprint density at radius 1 is 1.41 bits per heavy atom. The van der Waals surface area contributed by atoms with Crippen LogP contribution in [0.3, 0.4) is 0 Å². The molecule has 0 aliphatic carbocycles. The lowest BCUT2D eigenvalue weighted by Gasteiger charge is -2.34. The second-order valence-corrected chi connectivity index (χ2v) is 5.84. The summed E-state index contributed by atoms with van der Waals surface area (Å²) in [6.07, 6.45) is 0. The molecule has 1 atom stereocenters. The average molecular weight is 255 g/mol. The van der Waals surface area contributed by atoms with E-state index in [0.717, 1.165) is 19.6 Å². The number of nitrogens with one attached hydrogen (secondary N) is 1. The van der Waals surface area contributed by atoms with Gasteiger partial charge in [-0.2, -0.15) is 0 Å². The van der Waals surface area contributed by atoms with Crippen LogP contribution in [0.15, 0.2) is 29.2 Å². The van der Waals surface area contributed by atoms with Crippen molar-refractivity contribution in [2.75, 3.05) is 24.5 Å². The highest BCUT2D eigenvalue weighted by molar-refractivity contribution is 7.89. The summed E-state index contributed by atoms with van der Waals surface area (Å²) in [5.41, 5.74) is 0.698. The predicted molar refractivity (Wildman–Crippen MR) is 67.5 cm³/mol. The molecule has 1 aromatic carbocycles. The first-order valence-electron chi connectivity index (χ1n) is 5.58. The Kier molecular flexibility index (Phi) is 3.37. The average Bonchev–Trinajstić information content (AvgIpc) is 2.28. The van der Waals surface area contributed by atoms with Gasteiger partial charge in [-0.1, -0.05) is 12.1 Å². The minimum Gasteiger partial charge on any atom is -0.368 e. The van der Waals surface area contributed by atoms with Crippen molar-refractivity contribution >= 4 is 15.7 Å². The highest BCUT2D eigenvalue weighted by atomic mass is 32.2. The van der Waals surface area contributed by atoms with Crippen LogP contribution in [0.4, 0.5) is 5.69 Å². The van der Waals surface area contributed by atoms with Crippen LogP contribution in [-0.2, 0) is 10.0 Å². The Hall–Kier alpha value is -1.11. The van der Waals surface area contributed by atoms with Crippen LogP contribution in [0.1, 0.15) is 6.92 Å². The maximum Gasteiger partial charge on any atom is 0.240 e. The van der Waals surface area contributed by atoms with Gasteiger partial charge in [0.15, 0.2) is 0 Å². The van der Waals surface area contributed by atoms with E-state index in [1.54, 1.807) is 18.2 Å². The first kappa shape index (κ1) is 12.3. The highest BCUT2D eigenvalue weighted by Crippen LogP contribution is 2.24. The maximum absolute atomic E-state index is 11.5. The van der Waals surface area contributed by atoms with Crippen molar-refractivity contribution in [2.24, 2.45) is 5.14 Å². The van der Waals surface area contributed by atoms with Crippen molar-refractivity contribution in [1.29, 1.82) is 0 Å². The lowest BCUT2D eigenvalue weighted by atomic mass is 10.2. The van der Waals surface area contributed by atoms with Gasteiger partial charge in [0.2, 0.25) is 10.0 Å². The molecule has 6 heteroatoms. The third-order valence-electron chi connectivity index (χ3n) is 2.88. The molecule has 0 amide bonds. The second-order valence-electron chi connectivity index (χ2n) is 4.31. The zero-order chi connectivity index (χ0) is 12.5. The largest absolute Gasteiger partial charge is 0.368 e. The lowest BCUT2D eigenvalue weighted by molar-refractivity contribution is 0.483. The first-order chi connectivity index (χ1) is 7.98. The molecule has 1 heterocycles. The summed E-state index contributed by atoms with van der Waals surface area (Å²) in [5, 5.41) is 8.55. The SMILES string of the molecule is CC1CN(c2ccccc2S(N)(=O)=O)CCN1. The highest BCUT2D eigenvalue weighted by Gasteiger charge is 2.21. The van der Waals surface area contributed by atoms with Gasteiger partial charge in [-0.3, -0.25) is 0 Å². The molecule has 0 radical (unpaired) electrons. The van der Waals surface area contributed by atoms with Gasteiger partial charge in [-0.25, -0.2) is 13.6 Å². The normalized spacial score (nSPS) is 21.5. The molecule has 3 N–H and O–H groups in total. The van der Waals surface area contributed by atoms with E-state index in [1.165, 1.54) is 0 Å². The van der Waals surface area contributed by atoms with Gasteiger partial charge in [0, 0.05) is 25.7 Å². The first-order valence-corrected chi connectivity index (χ1v) is 7.13. The van der Waals surface area contributed by atoms with E-state index >= 15 is 0 Å². The van der Waals surface area contributed by atoms with Gasteiger partial charge >= 0.3 is 0 Å². The molecule has 1 aliphatic heterocycles. The van der Waals surface area contributed by atoms with Gasteiger partial charge in [0.05, 0.1) is 5.69 Å². The number of rotatable bonds is 2. The Morgan fingerprint density at radius 2 is 2.12 bits per heavy atom. The van der Waals surface area contributed by atoms with Crippen molar-refractivity contribution < 1.29 is 8.42 Å². The van der Waals surface area contributed by atoms with Crippen molar-refractivity contribution in [1.82, 2.24) is 5.32 Å². The minimum atomic E-state index is -3.66. The number of nitrogens with two attached hydrogens (primary N) is 1. The fraction of sp³-hybridized carbons (Fsp3) is 0.455. The summed E-state index contributed by atoms with van der Waals surface area (Å²) < 4.78 is 23.0. The molecular weight excluding hydrogens is 238 g/mol. The maximum atomic E-state index is 11.5. The number of hydrogen-bond acceptors (Lipinski definition) is 4. The molecule has 2 rings (SSSR count). The van der Waals surface area contributed by atoms with Crippen LogP contribution >= 0.6 is 0 Å². The van der Waals surface area contributed by atoms with E-state index in [9.17, 15) is 8.42 Å². The molecule has 1 unspecified atom stereocenters. The Balaban J connectivity index is 2.38. The van der Waals surface area contributed by atoms with Crippen LogP contribution in [0.2, 0.25) is 0 Å². The molecule has 0 spiro atoms. The van der Waals surface area contributed by atoms with E-state index in [0.29, 0.717) is 11.7 Å². The lowest BCUT2D eigenvalue weighted by Crippen LogP contribution is -2.49. The monoisotopic (exact) mass is 255 g/mol. The fourth-order valence-corrected chi connectivity index (χ4v) is 2.87. The molecule has 94 valence electrons. The molecule has 17 heavy (non-hydrogen) atoms. The molecule has 1 saturated heterocycles. The fourth-order valence-electron chi connectivity index (χ4n) is 2.11. The smallest absolute Gasteiger partial charge is 0.240 e. The van der Waals surface area contributed by atoms with Crippen molar-refractivity contribution in [3.8, 4) is 0 Å². The third-order valence-corrected chi connectivity index (χ3v) is 3.84. The van der Waals surface area contributed by atoms with Crippen molar-refractivity contribution in [3.63, 3.8) is 0 Å².